The van der Waals surface area contributed by atoms with Crippen LogP contribution in [-0.2, 0) is 4.79 Å². The second-order valence-electron chi connectivity index (χ2n) is 6.81. The lowest BCUT2D eigenvalue weighted by Crippen LogP contribution is -2.46. The minimum absolute atomic E-state index is 0.188. The van der Waals surface area contributed by atoms with E-state index in [2.05, 4.69) is 20.5 Å². The van der Waals surface area contributed by atoms with E-state index in [1.165, 1.54) is 24.8 Å². The summed E-state index contributed by atoms with van der Waals surface area (Å²) < 4.78 is 13.4. The first-order valence-corrected chi connectivity index (χ1v) is 9.34. The molecule has 4 N–H and O–H groups in total. The number of halogens is 1. The molecule has 0 aliphatic carbocycles. The molecule has 0 bridgehead atoms. The van der Waals surface area contributed by atoms with Crippen molar-refractivity contribution in [3.63, 3.8) is 0 Å². The highest BCUT2D eigenvalue weighted by molar-refractivity contribution is 6.41. The number of amides is 1. The maximum atomic E-state index is 13.4. The van der Waals surface area contributed by atoms with E-state index in [-0.39, 0.29) is 17.8 Å². The third kappa shape index (κ3) is 4.67. The molecular formula is C20H26FN5O. The molecule has 0 saturated carbocycles. The first-order valence-electron chi connectivity index (χ1n) is 9.34. The topological polar surface area (TPSA) is 82.7 Å². The number of benzene rings is 1. The van der Waals surface area contributed by atoms with Gasteiger partial charge in [-0.2, -0.15) is 0 Å². The molecule has 6 nitrogen and oxygen atoms in total. The smallest absolute Gasteiger partial charge is 0.268 e. The molecule has 1 fully saturated rings. The van der Waals surface area contributed by atoms with Gasteiger partial charge in [-0.1, -0.05) is 0 Å². The molecule has 0 aromatic heterocycles. The average Bonchev–Trinajstić information content (AvgIpc) is 2.69. The molecule has 1 amide bonds. The highest BCUT2D eigenvalue weighted by atomic mass is 19.1. The summed E-state index contributed by atoms with van der Waals surface area (Å²) in [4.78, 5) is 19.5. The zero-order valence-corrected chi connectivity index (χ0v) is 15.5. The lowest BCUT2D eigenvalue weighted by molar-refractivity contribution is -0.115. The Hall–Kier alpha value is -2.83. The fourth-order valence-electron chi connectivity index (χ4n) is 3.30. The first-order chi connectivity index (χ1) is 13.1. The van der Waals surface area contributed by atoms with Crippen molar-refractivity contribution in [3.8, 4) is 0 Å². The lowest BCUT2D eigenvalue weighted by Gasteiger charge is -2.34. The third-order valence-electron chi connectivity index (χ3n) is 4.70. The van der Waals surface area contributed by atoms with Gasteiger partial charge in [0.15, 0.2) is 0 Å². The summed E-state index contributed by atoms with van der Waals surface area (Å²) in [5.74, 6) is 0.366. The summed E-state index contributed by atoms with van der Waals surface area (Å²) in [7, 11) is 0. The maximum Gasteiger partial charge on any atom is 0.268 e. The number of hydrogen-bond donors (Lipinski definition) is 3. The van der Waals surface area contributed by atoms with Gasteiger partial charge in [0.25, 0.3) is 5.91 Å². The van der Waals surface area contributed by atoms with E-state index in [9.17, 15) is 9.18 Å². The van der Waals surface area contributed by atoms with Crippen LogP contribution < -0.4 is 16.4 Å². The Morgan fingerprint density at radius 2 is 2.00 bits per heavy atom. The quantitative estimate of drug-likeness (QED) is 0.739. The highest BCUT2D eigenvalue weighted by Crippen LogP contribution is 2.26. The number of aliphatic imine (C=N–C) groups is 1. The standard InChI is InChI=1S/C20H26FN5O/c1-14(9-10-22)24-20(27)17-13-23-19(26-11-3-2-4-12-26)18(25-17)15-5-7-16(21)8-6-15/h5-10,14,23H,2-4,11-13,22H2,1H3,(H,24,27)/b10-9-. The van der Waals surface area contributed by atoms with E-state index in [4.69, 9.17) is 5.73 Å². The monoisotopic (exact) mass is 371 g/mol. The largest absolute Gasteiger partial charge is 0.405 e. The second kappa shape index (κ2) is 8.70. The number of carbonyl (C=O) groups excluding carboxylic acids is 1. The first kappa shape index (κ1) is 18.9. The van der Waals surface area contributed by atoms with Crippen molar-refractivity contribution in [2.45, 2.75) is 32.2 Å². The number of nitrogens with one attached hydrogen (secondary N) is 2. The van der Waals surface area contributed by atoms with Gasteiger partial charge in [-0.25, -0.2) is 9.38 Å². The van der Waals surface area contributed by atoms with Crippen molar-refractivity contribution in [1.82, 2.24) is 15.5 Å². The molecule has 1 atom stereocenters. The van der Waals surface area contributed by atoms with Crippen LogP contribution in [0.4, 0.5) is 4.39 Å². The zero-order chi connectivity index (χ0) is 19.2. The predicted molar refractivity (Wildman–Crippen MR) is 105 cm³/mol. The van der Waals surface area contributed by atoms with Gasteiger partial charge < -0.3 is 21.3 Å². The Labute approximate surface area is 159 Å². The number of piperidine rings is 1. The molecule has 27 heavy (non-hydrogen) atoms. The van der Waals surface area contributed by atoms with Crippen molar-refractivity contribution in [2.75, 3.05) is 19.6 Å². The molecule has 2 heterocycles. The Kier molecular flexibility index (Phi) is 6.11. The van der Waals surface area contributed by atoms with E-state index in [1.807, 2.05) is 6.92 Å². The van der Waals surface area contributed by atoms with Gasteiger partial charge >= 0.3 is 0 Å². The highest BCUT2D eigenvalue weighted by Gasteiger charge is 2.25. The van der Waals surface area contributed by atoms with Crippen LogP contribution >= 0.6 is 0 Å². The molecule has 7 heteroatoms. The number of rotatable bonds is 5. The van der Waals surface area contributed by atoms with Crippen LogP contribution in [0.2, 0.25) is 0 Å². The fourth-order valence-corrected chi connectivity index (χ4v) is 3.30. The van der Waals surface area contributed by atoms with Crippen molar-refractivity contribution in [2.24, 2.45) is 10.7 Å². The van der Waals surface area contributed by atoms with E-state index < -0.39 is 0 Å². The number of nitrogens with two attached hydrogens (primary N) is 1. The van der Waals surface area contributed by atoms with E-state index in [0.29, 0.717) is 18.0 Å². The van der Waals surface area contributed by atoms with E-state index >= 15 is 0 Å². The maximum absolute atomic E-state index is 13.4. The van der Waals surface area contributed by atoms with E-state index in [0.717, 1.165) is 37.3 Å². The Balaban J connectivity index is 1.93. The molecule has 1 saturated heterocycles. The van der Waals surface area contributed by atoms with Crippen LogP contribution in [0.25, 0.3) is 5.70 Å². The number of nitrogens with zero attached hydrogens (tertiary/aromatic N) is 2. The Morgan fingerprint density at radius 3 is 2.67 bits per heavy atom. The number of carbonyl (C=O) groups is 1. The van der Waals surface area contributed by atoms with Gasteiger partial charge in [0.1, 0.15) is 23.0 Å². The minimum atomic E-state index is -0.299. The van der Waals surface area contributed by atoms with Gasteiger partial charge in [0.2, 0.25) is 0 Å². The van der Waals surface area contributed by atoms with Crippen LogP contribution in [0.3, 0.4) is 0 Å². The fraction of sp³-hybridized carbons (Fsp3) is 0.400. The van der Waals surface area contributed by atoms with Gasteiger partial charge in [-0.3, -0.25) is 4.79 Å². The van der Waals surface area contributed by atoms with Gasteiger partial charge in [0, 0.05) is 24.7 Å². The van der Waals surface area contributed by atoms with Crippen molar-refractivity contribution < 1.29 is 9.18 Å². The molecule has 0 radical (unpaired) electrons. The Morgan fingerprint density at radius 1 is 1.30 bits per heavy atom. The Bertz CT molecular complexity index is 763. The molecule has 144 valence electrons. The summed E-state index contributed by atoms with van der Waals surface area (Å²) in [5, 5.41) is 6.22. The van der Waals surface area contributed by atoms with Crippen LogP contribution in [0.1, 0.15) is 31.7 Å². The lowest BCUT2D eigenvalue weighted by atomic mass is 10.1. The van der Waals surface area contributed by atoms with Crippen molar-refractivity contribution in [3.05, 3.63) is 53.7 Å². The van der Waals surface area contributed by atoms with Crippen LogP contribution in [0.5, 0.6) is 0 Å². The van der Waals surface area contributed by atoms with E-state index in [1.54, 1.807) is 18.2 Å². The molecule has 3 rings (SSSR count). The normalized spacial score (nSPS) is 18.9. The minimum Gasteiger partial charge on any atom is -0.405 e. The molecule has 1 aromatic rings. The summed E-state index contributed by atoms with van der Waals surface area (Å²) >= 11 is 0. The summed E-state index contributed by atoms with van der Waals surface area (Å²) in [6, 6.07) is 6.02. The van der Waals surface area contributed by atoms with Crippen molar-refractivity contribution in [1.29, 1.82) is 0 Å². The van der Waals surface area contributed by atoms with Crippen molar-refractivity contribution >= 4 is 17.3 Å². The second-order valence-corrected chi connectivity index (χ2v) is 6.81. The summed E-state index contributed by atoms with van der Waals surface area (Å²) in [5.41, 5.74) is 7.23. The SMILES string of the molecule is CC(/C=C\N)NC(=O)C1=NC(c2ccc(F)cc2)=C(N2CCCCC2)NC1. The molecular weight excluding hydrogens is 345 g/mol. The molecule has 1 unspecified atom stereocenters. The number of hydrogen-bond acceptors (Lipinski definition) is 5. The van der Waals surface area contributed by atoms with Crippen LogP contribution in [0.15, 0.2) is 47.4 Å². The molecule has 1 aromatic carbocycles. The zero-order valence-electron chi connectivity index (χ0n) is 15.5. The summed E-state index contributed by atoms with van der Waals surface area (Å²) in [6.07, 6.45) is 6.58. The summed E-state index contributed by atoms with van der Waals surface area (Å²) in [6.45, 7) is 4.08. The number of likely N-dealkylation sites (tertiary alicyclic amines) is 1. The van der Waals surface area contributed by atoms with Gasteiger partial charge in [-0.05, 0) is 62.7 Å². The van der Waals surface area contributed by atoms with Gasteiger partial charge in [0.05, 0.1) is 6.54 Å². The molecule has 2 aliphatic rings. The average molecular weight is 371 g/mol. The molecule has 0 spiro atoms. The van der Waals surface area contributed by atoms with Gasteiger partial charge in [-0.15, -0.1) is 0 Å². The third-order valence-corrected chi connectivity index (χ3v) is 4.70. The van der Waals surface area contributed by atoms with Crippen LogP contribution in [0, 0.1) is 5.82 Å². The van der Waals surface area contributed by atoms with Crippen LogP contribution in [-0.4, -0.2) is 42.2 Å². The molecule has 2 aliphatic heterocycles. The predicted octanol–water partition coefficient (Wildman–Crippen LogP) is 1.96.